The number of H-pyrrole nitrogens is 1. The van der Waals surface area contributed by atoms with E-state index in [9.17, 15) is 9.90 Å². The van der Waals surface area contributed by atoms with Gasteiger partial charge in [-0.15, -0.1) is 5.11 Å². The van der Waals surface area contributed by atoms with Gasteiger partial charge in [0.2, 0.25) is 5.88 Å². The number of fused-ring (bicyclic) bond motifs is 1. The average molecular weight is 281 g/mol. The van der Waals surface area contributed by atoms with Crippen molar-refractivity contribution in [1.29, 1.82) is 0 Å². The molecule has 0 amide bonds. The number of aromatic hydroxyl groups is 1. The highest BCUT2D eigenvalue weighted by atomic mass is 16.4. The van der Waals surface area contributed by atoms with Crippen LogP contribution in [0.1, 0.15) is 10.4 Å². The van der Waals surface area contributed by atoms with Gasteiger partial charge in [0, 0.05) is 5.39 Å². The summed E-state index contributed by atoms with van der Waals surface area (Å²) >= 11 is 0. The van der Waals surface area contributed by atoms with E-state index in [2.05, 4.69) is 15.2 Å². The van der Waals surface area contributed by atoms with E-state index in [1.807, 2.05) is 24.3 Å². The maximum Gasteiger partial charge on any atom is 0.335 e. The highest BCUT2D eigenvalue weighted by Gasteiger charge is 2.09. The van der Waals surface area contributed by atoms with Gasteiger partial charge in [0.05, 0.1) is 16.8 Å². The fraction of sp³-hybridized carbons (Fsp3) is 0. The monoisotopic (exact) mass is 281 g/mol. The first-order chi connectivity index (χ1) is 10.1. The first-order valence-electron chi connectivity index (χ1n) is 6.20. The van der Waals surface area contributed by atoms with Crippen molar-refractivity contribution in [3.8, 4) is 5.88 Å². The van der Waals surface area contributed by atoms with E-state index in [1.165, 1.54) is 12.1 Å². The van der Waals surface area contributed by atoms with Crippen LogP contribution in [0.4, 0.5) is 11.4 Å². The number of hydrogen-bond acceptors (Lipinski definition) is 4. The molecule has 0 aliphatic carbocycles. The number of carboxylic acid groups (broad SMARTS) is 1. The molecular formula is C15H11N3O3. The molecule has 3 N–H and O–H groups in total. The minimum Gasteiger partial charge on any atom is -0.493 e. The number of aromatic amines is 1. The van der Waals surface area contributed by atoms with Crippen LogP contribution < -0.4 is 0 Å². The van der Waals surface area contributed by atoms with Crippen LogP contribution in [0.25, 0.3) is 10.9 Å². The molecule has 0 unspecified atom stereocenters. The zero-order chi connectivity index (χ0) is 14.8. The lowest BCUT2D eigenvalue weighted by molar-refractivity contribution is 0.0697. The second-order valence-electron chi connectivity index (χ2n) is 4.42. The highest BCUT2D eigenvalue weighted by molar-refractivity contribution is 5.94. The number of aromatic nitrogens is 1. The van der Waals surface area contributed by atoms with Gasteiger partial charge in [-0.3, -0.25) is 0 Å². The number of nitrogens with zero attached hydrogens (tertiary/aromatic N) is 2. The molecule has 104 valence electrons. The number of aromatic carboxylic acids is 1. The predicted octanol–water partition coefficient (Wildman–Crippen LogP) is 3.99. The number of azo groups is 1. The zero-order valence-corrected chi connectivity index (χ0v) is 10.8. The molecule has 0 aliphatic rings. The van der Waals surface area contributed by atoms with Crippen LogP contribution in [0.2, 0.25) is 0 Å². The van der Waals surface area contributed by atoms with Crippen molar-refractivity contribution in [2.45, 2.75) is 0 Å². The third-order valence-corrected chi connectivity index (χ3v) is 3.02. The Balaban J connectivity index is 2.00. The van der Waals surface area contributed by atoms with Gasteiger partial charge in [-0.25, -0.2) is 4.79 Å². The summed E-state index contributed by atoms with van der Waals surface area (Å²) in [4.78, 5) is 13.7. The van der Waals surface area contributed by atoms with Crippen molar-refractivity contribution in [2.24, 2.45) is 10.2 Å². The topological polar surface area (TPSA) is 98.0 Å². The SMILES string of the molecule is O=C(O)c1cccc(N=Nc2c(O)[nH]c3ccccc23)c1. The standard InChI is InChI=1S/C15H11N3O3/c19-14-13(11-6-1-2-7-12(11)16-14)18-17-10-5-3-4-9(8-10)15(20)21/h1-8,16,19H,(H,20,21). The Bertz CT molecular complexity index is 852. The predicted molar refractivity (Wildman–Crippen MR) is 77.5 cm³/mol. The van der Waals surface area contributed by atoms with Crippen molar-refractivity contribution in [1.82, 2.24) is 4.98 Å². The molecule has 0 aliphatic heterocycles. The minimum atomic E-state index is -1.03. The molecule has 0 saturated heterocycles. The number of rotatable bonds is 3. The third kappa shape index (κ3) is 2.46. The van der Waals surface area contributed by atoms with Gasteiger partial charge in [0.25, 0.3) is 0 Å². The molecule has 6 nitrogen and oxygen atoms in total. The van der Waals surface area contributed by atoms with Crippen LogP contribution in [-0.4, -0.2) is 21.2 Å². The van der Waals surface area contributed by atoms with Crippen molar-refractivity contribution < 1.29 is 15.0 Å². The second kappa shape index (κ2) is 5.09. The summed E-state index contributed by atoms with van der Waals surface area (Å²) in [5, 5.41) is 27.5. The molecule has 0 spiro atoms. The van der Waals surface area contributed by atoms with Gasteiger partial charge >= 0.3 is 5.97 Å². The molecule has 0 atom stereocenters. The average Bonchev–Trinajstić information content (AvgIpc) is 2.81. The van der Waals surface area contributed by atoms with Crippen molar-refractivity contribution in [3.63, 3.8) is 0 Å². The number of carboxylic acids is 1. The second-order valence-corrected chi connectivity index (χ2v) is 4.42. The van der Waals surface area contributed by atoms with Crippen molar-refractivity contribution in [2.75, 3.05) is 0 Å². The van der Waals surface area contributed by atoms with Crippen molar-refractivity contribution >= 4 is 28.2 Å². The number of benzene rings is 2. The van der Waals surface area contributed by atoms with E-state index in [0.717, 1.165) is 10.9 Å². The minimum absolute atomic E-state index is 0.0747. The Morgan fingerprint density at radius 1 is 1.05 bits per heavy atom. The number of carbonyl (C=O) groups is 1. The Morgan fingerprint density at radius 2 is 1.86 bits per heavy atom. The maximum atomic E-state index is 10.9. The molecule has 6 heteroatoms. The van der Waals surface area contributed by atoms with Crippen LogP contribution in [0.5, 0.6) is 5.88 Å². The van der Waals surface area contributed by atoms with Gasteiger partial charge in [-0.2, -0.15) is 5.11 Å². The Kier molecular flexibility index (Phi) is 3.12. The summed E-state index contributed by atoms with van der Waals surface area (Å²) < 4.78 is 0. The van der Waals surface area contributed by atoms with Crippen LogP contribution in [0, 0.1) is 0 Å². The molecule has 3 aromatic rings. The molecule has 0 fully saturated rings. The van der Waals surface area contributed by atoms with Gasteiger partial charge in [0.15, 0.2) is 5.69 Å². The van der Waals surface area contributed by atoms with Crippen LogP contribution >= 0.6 is 0 Å². The Labute approximate surface area is 119 Å². The van der Waals surface area contributed by atoms with Crippen molar-refractivity contribution in [3.05, 3.63) is 54.1 Å². The Morgan fingerprint density at radius 3 is 2.67 bits per heavy atom. The molecule has 0 bridgehead atoms. The summed E-state index contributed by atoms with van der Waals surface area (Å²) in [6, 6.07) is 13.4. The molecular weight excluding hydrogens is 270 g/mol. The quantitative estimate of drug-likeness (QED) is 0.633. The third-order valence-electron chi connectivity index (χ3n) is 3.02. The van der Waals surface area contributed by atoms with E-state index in [-0.39, 0.29) is 11.4 Å². The molecule has 0 radical (unpaired) electrons. The summed E-state index contributed by atoms with van der Waals surface area (Å²) in [6.07, 6.45) is 0. The lowest BCUT2D eigenvalue weighted by atomic mass is 10.2. The molecule has 0 saturated carbocycles. The number of nitrogens with one attached hydrogen (secondary N) is 1. The molecule has 1 aromatic heterocycles. The molecule has 1 heterocycles. The lowest BCUT2D eigenvalue weighted by Gasteiger charge is -1.96. The smallest absolute Gasteiger partial charge is 0.335 e. The first kappa shape index (κ1) is 12.9. The van der Waals surface area contributed by atoms with E-state index in [4.69, 9.17) is 5.11 Å². The highest BCUT2D eigenvalue weighted by Crippen LogP contribution is 2.36. The molecule has 2 aromatic carbocycles. The lowest BCUT2D eigenvalue weighted by Crippen LogP contribution is -1.94. The van der Waals surface area contributed by atoms with Crippen LogP contribution in [0.15, 0.2) is 58.8 Å². The van der Waals surface area contributed by atoms with Crippen LogP contribution in [-0.2, 0) is 0 Å². The summed E-state index contributed by atoms with van der Waals surface area (Å²) in [5.41, 5.74) is 1.61. The van der Waals surface area contributed by atoms with Gasteiger partial charge in [-0.1, -0.05) is 24.3 Å². The molecule has 3 rings (SSSR count). The normalized spacial score (nSPS) is 11.2. The van der Waals surface area contributed by atoms with E-state index >= 15 is 0 Å². The molecule has 21 heavy (non-hydrogen) atoms. The fourth-order valence-corrected chi connectivity index (χ4v) is 2.02. The van der Waals surface area contributed by atoms with Gasteiger partial charge < -0.3 is 15.2 Å². The van der Waals surface area contributed by atoms with E-state index < -0.39 is 5.97 Å². The van der Waals surface area contributed by atoms with Gasteiger partial charge in [-0.05, 0) is 24.3 Å². The van der Waals surface area contributed by atoms with Crippen LogP contribution in [0.3, 0.4) is 0 Å². The summed E-state index contributed by atoms with van der Waals surface area (Å²) in [6.45, 7) is 0. The summed E-state index contributed by atoms with van der Waals surface area (Å²) in [5.74, 6) is -1.10. The Hall–Kier alpha value is -3.15. The van der Waals surface area contributed by atoms with Gasteiger partial charge in [0.1, 0.15) is 0 Å². The summed E-state index contributed by atoms with van der Waals surface area (Å²) in [7, 11) is 0. The zero-order valence-electron chi connectivity index (χ0n) is 10.8. The maximum absolute atomic E-state index is 10.9. The van der Waals surface area contributed by atoms with E-state index in [0.29, 0.717) is 11.4 Å². The largest absolute Gasteiger partial charge is 0.493 e. The number of para-hydroxylation sites is 1. The fourth-order valence-electron chi connectivity index (χ4n) is 2.02. The van der Waals surface area contributed by atoms with E-state index in [1.54, 1.807) is 12.1 Å². The first-order valence-corrected chi connectivity index (χ1v) is 6.20. The number of hydrogen-bond donors (Lipinski definition) is 3.